The Bertz CT molecular complexity index is 1440. The number of likely N-dealkylation sites (tertiary alicyclic amines) is 1. The number of hydrogen-bond acceptors (Lipinski definition) is 6. The molecule has 2 aliphatic rings. The number of carbonyl (C=O) groups is 2. The van der Waals surface area contributed by atoms with E-state index in [9.17, 15) is 9.59 Å². The van der Waals surface area contributed by atoms with Crippen LogP contribution < -0.4 is 10.5 Å². The Morgan fingerprint density at radius 2 is 1.97 bits per heavy atom. The lowest BCUT2D eigenvalue weighted by Gasteiger charge is -2.31. The summed E-state index contributed by atoms with van der Waals surface area (Å²) >= 11 is 1.36. The molecule has 3 heterocycles. The van der Waals surface area contributed by atoms with Crippen LogP contribution in [0.4, 0.5) is 0 Å². The average Bonchev–Trinajstić information content (AvgIpc) is 3.52. The molecule has 0 atom stereocenters. The van der Waals surface area contributed by atoms with Gasteiger partial charge in [0.1, 0.15) is 18.1 Å². The van der Waals surface area contributed by atoms with Crippen molar-refractivity contribution in [2.75, 3.05) is 19.7 Å². The zero-order chi connectivity index (χ0) is 26.6. The number of hydrogen-bond donors (Lipinski definition) is 1. The third-order valence-corrected chi connectivity index (χ3v) is 7.68. The van der Waals surface area contributed by atoms with E-state index < -0.39 is 0 Å². The molecule has 0 saturated carbocycles. The largest absolute Gasteiger partial charge is 0.489 e. The molecule has 2 amide bonds. The number of primary amides is 1. The fourth-order valence-electron chi connectivity index (χ4n) is 4.57. The van der Waals surface area contributed by atoms with Gasteiger partial charge in [-0.15, -0.1) is 0 Å². The van der Waals surface area contributed by atoms with Gasteiger partial charge in [-0.25, -0.2) is 4.68 Å². The SMILES string of the molecule is C=CCOc1ccc(-c2nn(-c3ccccc3)cc2/C=C2\SC(N3CCC(C(N)=O)CC3)=NC2=O)cc1C. The number of aliphatic imine (C=N–C) groups is 1. The summed E-state index contributed by atoms with van der Waals surface area (Å²) < 4.78 is 7.56. The number of benzene rings is 2. The van der Waals surface area contributed by atoms with E-state index in [1.165, 1.54) is 11.8 Å². The highest BCUT2D eigenvalue weighted by Gasteiger charge is 2.31. The highest BCUT2D eigenvalue weighted by molar-refractivity contribution is 8.18. The summed E-state index contributed by atoms with van der Waals surface area (Å²) in [4.78, 5) is 31.3. The summed E-state index contributed by atoms with van der Waals surface area (Å²) in [5.41, 5.74) is 9.85. The van der Waals surface area contributed by atoms with Crippen LogP contribution in [-0.2, 0) is 9.59 Å². The number of ether oxygens (including phenoxy) is 1. The summed E-state index contributed by atoms with van der Waals surface area (Å²) in [7, 11) is 0. The number of aryl methyl sites for hydroxylation is 1. The van der Waals surface area contributed by atoms with Gasteiger partial charge in [-0.1, -0.05) is 30.9 Å². The molecule has 9 heteroatoms. The van der Waals surface area contributed by atoms with Gasteiger partial charge >= 0.3 is 0 Å². The zero-order valence-electron chi connectivity index (χ0n) is 21.2. The van der Waals surface area contributed by atoms with Crippen molar-refractivity contribution >= 4 is 34.8 Å². The molecule has 0 radical (unpaired) electrons. The van der Waals surface area contributed by atoms with Crippen LogP contribution in [0.5, 0.6) is 5.75 Å². The Hall–Kier alpha value is -4.11. The Morgan fingerprint density at radius 1 is 1.21 bits per heavy atom. The molecule has 8 nitrogen and oxygen atoms in total. The number of para-hydroxylation sites is 1. The molecule has 2 aromatic carbocycles. The molecule has 3 aromatic rings. The number of amidine groups is 1. The molecular formula is C29H29N5O3S. The first-order chi connectivity index (χ1) is 18.4. The second-order valence-corrected chi connectivity index (χ2v) is 10.3. The van der Waals surface area contributed by atoms with E-state index in [1.807, 2.05) is 72.4 Å². The molecule has 1 fully saturated rings. The Morgan fingerprint density at radius 3 is 2.66 bits per heavy atom. The van der Waals surface area contributed by atoms with E-state index in [0.717, 1.165) is 33.8 Å². The third kappa shape index (κ3) is 5.43. The van der Waals surface area contributed by atoms with Gasteiger partial charge in [0.2, 0.25) is 5.91 Å². The van der Waals surface area contributed by atoms with E-state index in [-0.39, 0.29) is 17.7 Å². The van der Waals surface area contributed by atoms with Crippen LogP contribution in [0.3, 0.4) is 0 Å². The summed E-state index contributed by atoms with van der Waals surface area (Å²) in [5, 5.41) is 5.55. The smallest absolute Gasteiger partial charge is 0.286 e. The van der Waals surface area contributed by atoms with Crippen LogP contribution in [0.15, 0.2) is 77.3 Å². The molecule has 0 aliphatic carbocycles. The number of aromatic nitrogens is 2. The first kappa shape index (κ1) is 25.5. The Balaban J connectivity index is 1.45. The minimum absolute atomic E-state index is 0.118. The van der Waals surface area contributed by atoms with Crippen molar-refractivity contribution in [1.82, 2.24) is 14.7 Å². The number of amides is 2. The van der Waals surface area contributed by atoms with Crippen molar-refractivity contribution in [3.63, 3.8) is 0 Å². The van der Waals surface area contributed by atoms with Gasteiger partial charge in [-0.3, -0.25) is 9.59 Å². The number of carbonyl (C=O) groups excluding carboxylic acids is 2. The molecule has 2 N–H and O–H groups in total. The van der Waals surface area contributed by atoms with Crippen molar-refractivity contribution in [3.8, 4) is 22.7 Å². The fraction of sp³-hybridized carbons (Fsp3) is 0.241. The third-order valence-electron chi connectivity index (χ3n) is 6.63. The maximum atomic E-state index is 12.9. The molecule has 1 aromatic heterocycles. The molecule has 5 rings (SSSR count). The summed E-state index contributed by atoms with van der Waals surface area (Å²) in [6.45, 7) is 7.43. The quantitative estimate of drug-likeness (QED) is 0.356. The molecule has 0 unspecified atom stereocenters. The molecule has 1 saturated heterocycles. The minimum atomic E-state index is -0.273. The highest BCUT2D eigenvalue weighted by atomic mass is 32.2. The monoisotopic (exact) mass is 527 g/mol. The number of nitrogens with two attached hydrogens (primary N) is 1. The van der Waals surface area contributed by atoms with Crippen molar-refractivity contribution in [2.45, 2.75) is 19.8 Å². The van der Waals surface area contributed by atoms with Crippen LogP contribution in [0.1, 0.15) is 24.0 Å². The van der Waals surface area contributed by atoms with Crippen molar-refractivity contribution < 1.29 is 14.3 Å². The lowest BCUT2D eigenvalue weighted by atomic mass is 9.97. The molecule has 38 heavy (non-hydrogen) atoms. The number of thioether (sulfide) groups is 1. The fourth-order valence-corrected chi connectivity index (χ4v) is 5.52. The van der Waals surface area contributed by atoms with Crippen LogP contribution in [0, 0.1) is 12.8 Å². The van der Waals surface area contributed by atoms with Gasteiger partial charge in [0.25, 0.3) is 5.91 Å². The molecular weight excluding hydrogens is 498 g/mol. The van der Waals surface area contributed by atoms with E-state index >= 15 is 0 Å². The predicted molar refractivity (Wildman–Crippen MR) is 151 cm³/mol. The van der Waals surface area contributed by atoms with E-state index in [1.54, 1.807) is 6.08 Å². The zero-order valence-corrected chi connectivity index (χ0v) is 22.0. The first-order valence-corrected chi connectivity index (χ1v) is 13.3. The van der Waals surface area contributed by atoms with Gasteiger partial charge in [-0.2, -0.15) is 10.1 Å². The van der Waals surface area contributed by atoms with E-state index in [2.05, 4.69) is 16.5 Å². The van der Waals surface area contributed by atoms with Gasteiger partial charge in [0, 0.05) is 36.3 Å². The Kier molecular flexibility index (Phi) is 7.46. The van der Waals surface area contributed by atoms with Gasteiger partial charge in [0.05, 0.1) is 10.6 Å². The van der Waals surface area contributed by atoms with Crippen LogP contribution >= 0.6 is 11.8 Å². The maximum Gasteiger partial charge on any atom is 0.286 e. The maximum absolute atomic E-state index is 12.9. The Labute approximate surface area is 225 Å². The van der Waals surface area contributed by atoms with Crippen molar-refractivity contribution in [3.05, 3.63) is 83.4 Å². The van der Waals surface area contributed by atoms with Gasteiger partial charge in [-0.05, 0) is 73.5 Å². The van der Waals surface area contributed by atoms with Crippen molar-refractivity contribution in [1.29, 1.82) is 0 Å². The lowest BCUT2D eigenvalue weighted by molar-refractivity contribution is -0.123. The summed E-state index contributed by atoms with van der Waals surface area (Å²) in [5.74, 6) is 0.133. The highest BCUT2D eigenvalue weighted by Crippen LogP contribution is 2.35. The van der Waals surface area contributed by atoms with Gasteiger partial charge < -0.3 is 15.4 Å². The summed E-state index contributed by atoms with van der Waals surface area (Å²) in [6, 6.07) is 15.8. The van der Waals surface area contributed by atoms with Crippen LogP contribution in [0.2, 0.25) is 0 Å². The van der Waals surface area contributed by atoms with Crippen molar-refractivity contribution in [2.24, 2.45) is 16.6 Å². The standard InChI is InChI=1S/C29H29N5O3S/c1-3-15-37-24-10-9-21(16-19(24)2)26-22(18-34(32-26)23-7-5-4-6-8-23)17-25-28(36)31-29(38-25)33-13-11-20(12-14-33)27(30)35/h3-10,16-18,20H,1,11-15H2,2H3,(H2,30,35)/b25-17-. The molecule has 0 bridgehead atoms. The minimum Gasteiger partial charge on any atom is -0.489 e. The second kappa shape index (κ2) is 11.1. The molecule has 2 aliphatic heterocycles. The first-order valence-electron chi connectivity index (χ1n) is 12.5. The molecule has 0 spiro atoms. The predicted octanol–water partition coefficient (Wildman–Crippen LogP) is 4.58. The van der Waals surface area contributed by atoms with E-state index in [4.69, 9.17) is 15.6 Å². The van der Waals surface area contributed by atoms with E-state index in [0.29, 0.717) is 42.6 Å². The topological polar surface area (TPSA) is 103 Å². The number of piperidine rings is 1. The molecule has 194 valence electrons. The van der Waals surface area contributed by atoms with Crippen LogP contribution in [0.25, 0.3) is 23.0 Å². The number of rotatable bonds is 7. The summed E-state index contributed by atoms with van der Waals surface area (Å²) in [6.07, 6.45) is 6.84. The second-order valence-electron chi connectivity index (χ2n) is 9.27. The average molecular weight is 528 g/mol. The lowest BCUT2D eigenvalue weighted by Crippen LogP contribution is -2.40. The normalized spacial score (nSPS) is 17.1. The van der Waals surface area contributed by atoms with Crippen LogP contribution in [-0.4, -0.2) is 51.4 Å². The van der Waals surface area contributed by atoms with Gasteiger partial charge in [0.15, 0.2) is 5.17 Å². The number of nitrogens with zero attached hydrogens (tertiary/aromatic N) is 4.